The van der Waals surface area contributed by atoms with Crippen molar-refractivity contribution in [2.75, 3.05) is 0 Å². The van der Waals surface area contributed by atoms with Crippen molar-refractivity contribution in [1.29, 1.82) is 0 Å². The number of fused-ring (bicyclic) bond motifs is 1. The molecule has 24 heavy (non-hydrogen) atoms. The molecule has 3 nitrogen and oxygen atoms in total. The zero-order chi connectivity index (χ0) is 17.8. The lowest BCUT2D eigenvalue weighted by Gasteiger charge is -2.07. The van der Waals surface area contributed by atoms with Crippen molar-refractivity contribution in [2.45, 2.75) is 6.18 Å². The van der Waals surface area contributed by atoms with Gasteiger partial charge in [-0.3, -0.25) is 4.79 Å². The first-order valence-electron chi connectivity index (χ1n) is 6.36. The standard InChI is InChI=1S/C15H5F6NO2/c16-9-3-6(4-10(17)12(9)18)13-14(23)8-2-1-7(15(19,20)21)5-11(8)22(13)24/h1-5H. The second kappa shape index (κ2) is 5.08. The van der Waals surface area contributed by atoms with E-state index in [2.05, 4.69) is 0 Å². The molecule has 0 bridgehead atoms. The summed E-state index contributed by atoms with van der Waals surface area (Å²) in [5.41, 5.74) is -3.47. The smallest absolute Gasteiger partial charge is 0.416 e. The minimum absolute atomic E-state index is 0.154. The highest BCUT2D eigenvalue weighted by atomic mass is 19.4. The van der Waals surface area contributed by atoms with Crippen molar-refractivity contribution in [1.82, 2.24) is 0 Å². The van der Waals surface area contributed by atoms with E-state index >= 15 is 0 Å². The van der Waals surface area contributed by atoms with Crippen LogP contribution in [0.5, 0.6) is 0 Å². The fourth-order valence-corrected chi connectivity index (χ4v) is 2.35. The maximum Gasteiger partial charge on any atom is 0.416 e. The first-order chi connectivity index (χ1) is 11.1. The second-order valence-electron chi connectivity index (χ2n) is 4.96. The van der Waals surface area contributed by atoms with E-state index in [-0.39, 0.29) is 10.3 Å². The van der Waals surface area contributed by atoms with Crippen molar-refractivity contribution in [3.8, 4) is 0 Å². The van der Waals surface area contributed by atoms with E-state index in [1.165, 1.54) is 0 Å². The summed E-state index contributed by atoms with van der Waals surface area (Å²) in [5, 5.41) is 12.1. The molecule has 0 aliphatic carbocycles. The number of hydrogen-bond acceptors (Lipinski definition) is 2. The molecule has 0 unspecified atom stereocenters. The molecule has 0 aromatic heterocycles. The van der Waals surface area contributed by atoms with Crippen LogP contribution in [0.2, 0.25) is 0 Å². The number of benzene rings is 2. The minimum atomic E-state index is -4.74. The Morgan fingerprint density at radius 2 is 1.54 bits per heavy atom. The van der Waals surface area contributed by atoms with Crippen molar-refractivity contribution < 1.29 is 35.9 Å². The van der Waals surface area contributed by atoms with Crippen LogP contribution in [0.15, 0.2) is 30.3 Å². The first-order valence-corrected chi connectivity index (χ1v) is 6.36. The normalized spacial score (nSPS) is 14.3. The fourth-order valence-electron chi connectivity index (χ4n) is 2.35. The van der Waals surface area contributed by atoms with Gasteiger partial charge < -0.3 is 5.21 Å². The van der Waals surface area contributed by atoms with Gasteiger partial charge >= 0.3 is 6.18 Å². The Bertz CT molecular complexity index is 894. The lowest BCUT2D eigenvalue weighted by molar-refractivity contribution is -0.355. The molecule has 0 atom stereocenters. The Morgan fingerprint density at radius 3 is 2.08 bits per heavy atom. The number of hydrogen-bond donors (Lipinski definition) is 0. The third-order valence-electron chi connectivity index (χ3n) is 3.46. The topological polar surface area (TPSA) is 43.1 Å². The van der Waals surface area contributed by atoms with E-state index in [4.69, 9.17) is 0 Å². The third kappa shape index (κ3) is 2.32. The first kappa shape index (κ1) is 16.0. The number of halogens is 6. The van der Waals surface area contributed by atoms with Gasteiger partial charge in [0.1, 0.15) is 5.56 Å². The van der Waals surface area contributed by atoms with Crippen molar-refractivity contribution >= 4 is 17.2 Å². The molecule has 3 rings (SSSR count). The molecule has 2 aromatic rings. The minimum Gasteiger partial charge on any atom is -0.618 e. The van der Waals surface area contributed by atoms with Crippen LogP contribution in [-0.2, 0) is 6.18 Å². The van der Waals surface area contributed by atoms with Crippen LogP contribution in [0.1, 0.15) is 21.5 Å². The number of rotatable bonds is 1. The molecular formula is C15H5F6NO2. The van der Waals surface area contributed by atoms with Crippen LogP contribution in [0, 0.1) is 22.7 Å². The summed E-state index contributed by atoms with van der Waals surface area (Å²) in [6, 6.07) is 2.72. The molecule has 0 radical (unpaired) electrons. The molecule has 0 saturated heterocycles. The predicted molar refractivity (Wildman–Crippen MR) is 69.5 cm³/mol. The molecule has 0 saturated carbocycles. The number of Topliss-reactive ketones (excluding diaryl/α,β-unsaturated/α-hetero) is 1. The van der Waals surface area contributed by atoms with Gasteiger partial charge in [-0.25, -0.2) is 13.2 Å². The summed E-state index contributed by atoms with van der Waals surface area (Å²) in [5.74, 6) is -6.07. The van der Waals surface area contributed by atoms with Crippen molar-refractivity contribution in [3.63, 3.8) is 0 Å². The zero-order valence-electron chi connectivity index (χ0n) is 11.4. The summed E-state index contributed by atoms with van der Waals surface area (Å²) in [4.78, 5) is 12.2. The summed E-state index contributed by atoms with van der Waals surface area (Å²) in [7, 11) is 0. The Morgan fingerprint density at radius 1 is 0.958 bits per heavy atom. The van der Waals surface area contributed by atoms with Crippen molar-refractivity contribution in [3.05, 3.63) is 69.7 Å². The second-order valence-corrected chi connectivity index (χ2v) is 4.96. The summed E-state index contributed by atoms with van der Waals surface area (Å²) >= 11 is 0. The van der Waals surface area contributed by atoms with Gasteiger partial charge in [-0.1, -0.05) is 0 Å². The molecule has 1 aliphatic rings. The Labute approximate surface area is 130 Å². The monoisotopic (exact) mass is 345 g/mol. The maximum absolute atomic E-state index is 13.3. The Balaban J connectivity index is 2.19. The average molecular weight is 345 g/mol. The van der Waals surface area contributed by atoms with Crippen LogP contribution in [0.4, 0.5) is 32.0 Å². The van der Waals surface area contributed by atoms with Crippen LogP contribution >= 0.6 is 0 Å². The van der Waals surface area contributed by atoms with Crippen LogP contribution in [-0.4, -0.2) is 16.2 Å². The lowest BCUT2D eigenvalue weighted by Crippen LogP contribution is -2.17. The average Bonchev–Trinajstić information content (AvgIpc) is 2.75. The van der Waals surface area contributed by atoms with Crippen LogP contribution < -0.4 is 0 Å². The van der Waals surface area contributed by atoms with Gasteiger partial charge in [0.05, 0.1) is 11.1 Å². The molecule has 1 heterocycles. The van der Waals surface area contributed by atoms with Gasteiger partial charge in [0.25, 0.3) is 11.5 Å². The molecule has 1 aliphatic heterocycles. The molecular weight excluding hydrogens is 340 g/mol. The molecule has 0 fully saturated rings. The molecule has 0 N–H and O–H groups in total. The number of alkyl halides is 3. The van der Waals surface area contributed by atoms with E-state index in [9.17, 15) is 36.3 Å². The molecule has 0 spiro atoms. The lowest BCUT2D eigenvalue weighted by atomic mass is 10.0. The third-order valence-corrected chi connectivity index (χ3v) is 3.46. The summed E-state index contributed by atoms with van der Waals surface area (Å²) in [6.07, 6.45) is -4.74. The zero-order valence-corrected chi connectivity index (χ0v) is 11.4. The van der Waals surface area contributed by atoms with E-state index in [1.807, 2.05) is 0 Å². The van der Waals surface area contributed by atoms with E-state index < -0.39 is 51.9 Å². The molecule has 9 heteroatoms. The highest BCUT2D eigenvalue weighted by molar-refractivity contribution is 6.52. The maximum atomic E-state index is 13.3. The van der Waals surface area contributed by atoms with Gasteiger partial charge in [0.2, 0.25) is 5.69 Å². The van der Waals surface area contributed by atoms with E-state index in [1.54, 1.807) is 0 Å². The SMILES string of the molecule is O=C1C(c2cc(F)c(F)c(F)c2)=[N+]([O-])c2cc(C(F)(F)F)ccc21. The fraction of sp³-hybridized carbons (Fsp3) is 0.0667. The molecule has 124 valence electrons. The number of nitrogens with zero attached hydrogens (tertiary/aromatic N) is 1. The predicted octanol–water partition coefficient (Wildman–Crippen LogP) is 3.95. The van der Waals surface area contributed by atoms with Gasteiger partial charge in [-0.15, -0.1) is 0 Å². The highest BCUT2D eigenvalue weighted by Gasteiger charge is 2.40. The summed E-state index contributed by atoms with van der Waals surface area (Å²) in [6.45, 7) is 0. The van der Waals surface area contributed by atoms with Gasteiger partial charge in [0.15, 0.2) is 17.5 Å². The van der Waals surface area contributed by atoms with E-state index in [0.29, 0.717) is 24.3 Å². The van der Waals surface area contributed by atoms with E-state index in [0.717, 1.165) is 6.07 Å². The number of ketones is 1. The van der Waals surface area contributed by atoms with Crippen molar-refractivity contribution in [2.24, 2.45) is 0 Å². The van der Waals surface area contributed by atoms with Gasteiger partial charge in [0, 0.05) is 6.07 Å². The highest BCUT2D eigenvalue weighted by Crippen LogP contribution is 2.36. The Kier molecular flexibility index (Phi) is 3.40. The molecule has 2 aromatic carbocycles. The number of carbonyl (C=O) groups is 1. The van der Waals surface area contributed by atoms with Crippen LogP contribution in [0.3, 0.4) is 0 Å². The number of carbonyl (C=O) groups excluding carboxylic acids is 1. The Hall–Kier alpha value is -2.84. The largest absolute Gasteiger partial charge is 0.618 e. The summed E-state index contributed by atoms with van der Waals surface area (Å²) < 4.78 is 77.5. The molecule has 0 amide bonds. The quantitative estimate of drug-likeness (QED) is 0.340. The van der Waals surface area contributed by atoms with Gasteiger partial charge in [-0.2, -0.15) is 17.9 Å². The van der Waals surface area contributed by atoms with Gasteiger partial charge in [-0.05, 0) is 24.3 Å². The van der Waals surface area contributed by atoms with Crippen LogP contribution in [0.25, 0.3) is 0 Å².